The Morgan fingerprint density at radius 3 is 2.43 bits per heavy atom. The first-order chi connectivity index (χ1) is 3.18. The molecule has 3 heteroatoms. The Bertz CT molecular complexity index is 87.7. The minimum atomic E-state index is -0.586. The first-order valence-electron chi connectivity index (χ1n) is 1.78. The molecule has 0 aliphatic rings. The van der Waals surface area contributed by atoms with Crippen molar-refractivity contribution in [2.24, 2.45) is 0 Å². The van der Waals surface area contributed by atoms with Crippen molar-refractivity contribution in [1.29, 1.82) is 0 Å². The van der Waals surface area contributed by atoms with Crippen molar-refractivity contribution >= 4 is 24.4 Å². The number of carbonyl (C=O) groups is 1. The van der Waals surface area contributed by atoms with Crippen molar-refractivity contribution in [1.82, 2.24) is 0 Å². The van der Waals surface area contributed by atoms with Gasteiger partial charge in [-0.05, 0) is 6.92 Å². The van der Waals surface area contributed by atoms with Crippen LogP contribution in [0.5, 0.6) is 0 Å². The van der Waals surface area contributed by atoms with Crippen LogP contribution >= 0.6 is 11.6 Å². The van der Waals surface area contributed by atoms with E-state index in [1.54, 1.807) is 0 Å². The predicted molar refractivity (Wildman–Crippen MR) is 27.4 cm³/mol. The Morgan fingerprint density at radius 1 is 2.00 bits per heavy atom. The molecular formula is C4H6ClO2+. The lowest BCUT2D eigenvalue weighted by Gasteiger charge is -1.77. The van der Waals surface area contributed by atoms with E-state index in [1.165, 1.54) is 6.92 Å². The van der Waals surface area contributed by atoms with Gasteiger partial charge in [-0.25, -0.2) is 0 Å². The fourth-order valence-electron chi connectivity index (χ4n) is 0.115. The van der Waals surface area contributed by atoms with Crippen molar-refractivity contribution in [2.45, 2.75) is 12.3 Å². The first-order valence-corrected chi connectivity index (χ1v) is 2.22. The van der Waals surface area contributed by atoms with Crippen LogP contribution < -0.4 is 0 Å². The third kappa shape index (κ3) is 2.34. The van der Waals surface area contributed by atoms with Crippen LogP contribution in [0.15, 0.2) is 0 Å². The summed E-state index contributed by atoms with van der Waals surface area (Å²) in [5.74, 6) is -0.498. The molecule has 0 unspecified atom stereocenters. The van der Waals surface area contributed by atoms with Gasteiger partial charge in [0, 0.05) is 0 Å². The Labute approximate surface area is 46.8 Å². The standard InChI is InChI=1S/C4H6ClO2/c1-3(5)4(6)7-2/h3H,2H2,1H3/q+1/t3-/m0/s1. The highest BCUT2D eigenvalue weighted by molar-refractivity contribution is 6.29. The van der Waals surface area contributed by atoms with E-state index in [0.717, 1.165) is 0 Å². The average Bonchev–Trinajstić information content (AvgIpc) is 1.65. The SMILES string of the molecule is C=[O+]C(=O)[C@H](C)Cl. The maximum Gasteiger partial charge on any atom is 0.596 e. The molecule has 0 aromatic rings. The summed E-state index contributed by atoms with van der Waals surface area (Å²) in [7, 11) is 0. The molecule has 0 saturated carbocycles. The third-order valence-corrected chi connectivity index (χ3v) is 0.645. The number of halogens is 1. The third-order valence-electron chi connectivity index (χ3n) is 0.467. The highest BCUT2D eigenvalue weighted by Gasteiger charge is 2.19. The summed E-state index contributed by atoms with van der Waals surface area (Å²) in [6.07, 6.45) is 0. The smallest absolute Gasteiger partial charge is 0.287 e. The van der Waals surface area contributed by atoms with Gasteiger partial charge in [-0.3, -0.25) is 4.42 Å². The van der Waals surface area contributed by atoms with Crippen molar-refractivity contribution < 1.29 is 9.22 Å². The summed E-state index contributed by atoms with van der Waals surface area (Å²) >= 11 is 5.21. The zero-order valence-electron chi connectivity index (χ0n) is 3.98. The van der Waals surface area contributed by atoms with E-state index in [0.29, 0.717) is 0 Å². The summed E-state index contributed by atoms with van der Waals surface area (Å²) in [5.41, 5.74) is 0. The zero-order valence-corrected chi connectivity index (χ0v) is 4.73. The lowest BCUT2D eigenvalue weighted by atomic mass is 10.5. The molecule has 0 aromatic heterocycles. The first kappa shape index (κ1) is 6.63. The van der Waals surface area contributed by atoms with Gasteiger partial charge in [-0.1, -0.05) is 0 Å². The number of hydrogen-bond acceptors (Lipinski definition) is 1. The van der Waals surface area contributed by atoms with Crippen LogP contribution in [0, 0.1) is 0 Å². The van der Waals surface area contributed by atoms with Crippen molar-refractivity contribution in [2.75, 3.05) is 0 Å². The Kier molecular flexibility index (Phi) is 2.60. The van der Waals surface area contributed by atoms with Crippen molar-refractivity contribution in [3.05, 3.63) is 0 Å². The molecular weight excluding hydrogens is 115 g/mol. The van der Waals surface area contributed by atoms with Gasteiger partial charge >= 0.3 is 5.97 Å². The zero-order chi connectivity index (χ0) is 5.86. The lowest BCUT2D eigenvalue weighted by Crippen LogP contribution is -2.08. The summed E-state index contributed by atoms with van der Waals surface area (Å²) in [4.78, 5) is 10.1. The molecule has 0 aliphatic carbocycles. The number of hydrogen-bond donors (Lipinski definition) is 0. The maximum atomic E-state index is 10.1. The second-order valence-corrected chi connectivity index (χ2v) is 1.73. The second kappa shape index (κ2) is 2.75. The molecule has 0 aliphatic heterocycles. The minimum Gasteiger partial charge on any atom is -0.287 e. The van der Waals surface area contributed by atoms with Gasteiger partial charge in [0.05, 0.1) is 4.79 Å². The van der Waals surface area contributed by atoms with Crippen molar-refractivity contribution in [3.8, 4) is 0 Å². The molecule has 0 N–H and O–H groups in total. The van der Waals surface area contributed by atoms with E-state index in [9.17, 15) is 4.79 Å². The van der Waals surface area contributed by atoms with Crippen LogP contribution in [0.4, 0.5) is 0 Å². The van der Waals surface area contributed by atoms with Gasteiger partial charge in [-0.15, -0.1) is 11.6 Å². The van der Waals surface area contributed by atoms with Crippen LogP contribution in [-0.4, -0.2) is 18.1 Å². The minimum absolute atomic E-state index is 0.498. The molecule has 7 heavy (non-hydrogen) atoms. The molecule has 0 rings (SSSR count). The molecule has 0 spiro atoms. The molecule has 0 saturated heterocycles. The Balaban J connectivity index is 3.56. The van der Waals surface area contributed by atoms with Gasteiger partial charge in [0.1, 0.15) is 0 Å². The molecule has 0 radical (unpaired) electrons. The summed E-state index contributed by atoms with van der Waals surface area (Å²) in [6, 6.07) is 0. The molecule has 0 amide bonds. The van der Waals surface area contributed by atoms with Gasteiger partial charge in [-0.2, -0.15) is 0 Å². The highest BCUT2D eigenvalue weighted by Crippen LogP contribution is 1.91. The fourth-order valence-corrected chi connectivity index (χ4v) is 0.178. The second-order valence-electron chi connectivity index (χ2n) is 1.08. The largest absolute Gasteiger partial charge is 0.596 e. The van der Waals surface area contributed by atoms with E-state index in [-0.39, 0.29) is 0 Å². The predicted octanol–water partition coefficient (Wildman–Crippen LogP) is 0.505. The highest BCUT2D eigenvalue weighted by atomic mass is 35.5. The Morgan fingerprint density at radius 2 is 2.43 bits per heavy atom. The lowest BCUT2D eigenvalue weighted by molar-refractivity contribution is -0.368. The monoisotopic (exact) mass is 121 g/mol. The molecule has 0 heterocycles. The maximum absolute atomic E-state index is 10.1. The van der Waals surface area contributed by atoms with Crippen LogP contribution in [0.25, 0.3) is 0 Å². The topological polar surface area (TPSA) is 28.4 Å². The quantitative estimate of drug-likeness (QED) is 0.367. The van der Waals surface area contributed by atoms with Crippen LogP contribution in [-0.2, 0) is 9.22 Å². The van der Waals surface area contributed by atoms with Gasteiger partial charge in [0.2, 0.25) is 0 Å². The number of alkyl halides is 1. The van der Waals surface area contributed by atoms with Gasteiger partial charge in [0.25, 0.3) is 0 Å². The average molecular weight is 122 g/mol. The van der Waals surface area contributed by atoms with E-state index in [2.05, 4.69) is 11.2 Å². The van der Waals surface area contributed by atoms with Crippen LogP contribution in [0.2, 0.25) is 0 Å². The fraction of sp³-hybridized carbons (Fsp3) is 0.500. The molecule has 0 fully saturated rings. The summed E-state index contributed by atoms with van der Waals surface area (Å²) in [6.45, 7) is 4.40. The van der Waals surface area contributed by atoms with Crippen LogP contribution in [0.1, 0.15) is 6.92 Å². The van der Waals surface area contributed by atoms with Crippen LogP contribution in [0.3, 0.4) is 0 Å². The number of rotatable bonds is 1. The molecule has 2 nitrogen and oxygen atoms in total. The molecule has 1 atom stereocenters. The van der Waals surface area contributed by atoms with Gasteiger partial charge in [0.15, 0.2) is 12.2 Å². The van der Waals surface area contributed by atoms with Crippen molar-refractivity contribution in [3.63, 3.8) is 0 Å². The van der Waals surface area contributed by atoms with E-state index < -0.39 is 11.3 Å². The normalized spacial score (nSPS) is 12.9. The van der Waals surface area contributed by atoms with E-state index >= 15 is 0 Å². The van der Waals surface area contributed by atoms with Gasteiger partial charge < -0.3 is 0 Å². The molecule has 0 bridgehead atoms. The van der Waals surface area contributed by atoms with E-state index in [4.69, 9.17) is 11.6 Å². The molecule has 40 valence electrons. The van der Waals surface area contributed by atoms with E-state index in [1.807, 2.05) is 0 Å². The Hall–Kier alpha value is -0.370. The number of carbonyl (C=O) groups excluding carboxylic acids is 2. The summed E-state index contributed by atoms with van der Waals surface area (Å²) < 4.78 is 3.99. The summed E-state index contributed by atoms with van der Waals surface area (Å²) in [5, 5.41) is -0.586. The molecule has 0 aromatic carbocycles.